The minimum Gasteiger partial charge on any atom is -0.262 e. The van der Waals surface area contributed by atoms with E-state index in [2.05, 4.69) is 46.4 Å². The number of rotatable bonds is 2. The van der Waals surface area contributed by atoms with Gasteiger partial charge >= 0.3 is 0 Å². The van der Waals surface area contributed by atoms with Crippen LogP contribution in [0.1, 0.15) is 11.1 Å². The number of nitrogens with zero attached hydrogens (tertiary/aromatic N) is 4. The van der Waals surface area contributed by atoms with Gasteiger partial charge in [-0.05, 0) is 29.7 Å². The third-order valence-corrected chi connectivity index (χ3v) is 4.41. The van der Waals surface area contributed by atoms with Crippen LogP contribution in [0.15, 0.2) is 95.4 Å². The van der Waals surface area contributed by atoms with Gasteiger partial charge in [0.2, 0.25) is 0 Å². The first-order valence-corrected chi connectivity index (χ1v) is 8.40. The van der Waals surface area contributed by atoms with Crippen LogP contribution in [0, 0.1) is 0 Å². The Morgan fingerprint density at radius 1 is 0.577 bits per heavy atom. The van der Waals surface area contributed by atoms with Crippen LogP contribution in [0.4, 0.5) is 11.4 Å². The summed E-state index contributed by atoms with van der Waals surface area (Å²) in [6.45, 7) is 0. The van der Waals surface area contributed by atoms with E-state index in [1.807, 2.05) is 24.3 Å². The van der Waals surface area contributed by atoms with Crippen molar-refractivity contribution in [2.75, 3.05) is 0 Å². The molecule has 1 aliphatic carbocycles. The Bertz CT molecular complexity index is 1070. The summed E-state index contributed by atoms with van der Waals surface area (Å²) in [4.78, 5) is 18.1. The van der Waals surface area contributed by atoms with E-state index in [4.69, 9.17) is 9.98 Å². The largest absolute Gasteiger partial charge is 0.262 e. The fourth-order valence-corrected chi connectivity index (χ4v) is 3.32. The average molecular weight is 334 g/mol. The average Bonchev–Trinajstić information content (AvgIpc) is 2.99. The molecule has 0 radical (unpaired) electrons. The van der Waals surface area contributed by atoms with Gasteiger partial charge in [0, 0.05) is 28.9 Å². The van der Waals surface area contributed by atoms with Gasteiger partial charge in [-0.15, -0.1) is 0 Å². The Kier molecular flexibility index (Phi) is 3.39. The van der Waals surface area contributed by atoms with Crippen LogP contribution in [0.25, 0.3) is 10.8 Å². The van der Waals surface area contributed by atoms with Crippen LogP contribution < -0.4 is 0 Å². The molecule has 5 rings (SSSR count). The second-order valence-corrected chi connectivity index (χ2v) is 6.05. The maximum atomic E-state index is 4.88. The van der Waals surface area contributed by atoms with Gasteiger partial charge < -0.3 is 0 Å². The number of aromatic nitrogens is 2. The predicted octanol–water partition coefficient (Wildman–Crippen LogP) is 4.89. The van der Waals surface area contributed by atoms with Crippen LogP contribution in [-0.2, 0) is 0 Å². The molecule has 0 spiro atoms. The van der Waals surface area contributed by atoms with Gasteiger partial charge in [0.25, 0.3) is 0 Å². The van der Waals surface area contributed by atoms with Crippen molar-refractivity contribution in [2.24, 2.45) is 9.98 Å². The Morgan fingerprint density at radius 2 is 1.12 bits per heavy atom. The van der Waals surface area contributed by atoms with Crippen molar-refractivity contribution in [3.63, 3.8) is 0 Å². The van der Waals surface area contributed by atoms with Crippen LogP contribution in [-0.4, -0.2) is 21.4 Å². The maximum Gasteiger partial charge on any atom is 0.0979 e. The second kappa shape index (κ2) is 6.01. The highest BCUT2D eigenvalue weighted by molar-refractivity contribution is 6.61. The van der Waals surface area contributed by atoms with E-state index in [-0.39, 0.29) is 0 Å². The highest BCUT2D eigenvalue weighted by Crippen LogP contribution is 2.33. The summed E-state index contributed by atoms with van der Waals surface area (Å²) in [5.74, 6) is 0. The second-order valence-electron chi connectivity index (χ2n) is 6.05. The first-order valence-electron chi connectivity index (χ1n) is 8.40. The molecule has 0 saturated carbocycles. The van der Waals surface area contributed by atoms with E-state index in [9.17, 15) is 0 Å². The lowest BCUT2D eigenvalue weighted by atomic mass is 10.1. The lowest BCUT2D eigenvalue weighted by molar-refractivity contribution is 1.30. The van der Waals surface area contributed by atoms with Crippen molar-refractivity contribution >= 4 is 33.6 Å². The Morgan fingerprint density at radius 3 is 1.58 bits per heavy atom. The fraction of sp³-hybridized carbons (Fsp3) is 0. The normalized spacial score (nSPS) is 15.8. The van der Waals surface area contributed by atoms with E-state index in [0.717, 1.165) is 33.9 Å². The van der Waals surface area contributed by atoms with Crippen molar-refractivity contribution in [3.05, 3.63) is 96.6 Å². The molecule has 2 aromatic carbocycles. The summed E-state index contributed by atoms with van der Waals surface area (Å²) >= 11 is 0. The van der Waals surface area contributed by atoms with Crippen molar-refractivity contribution in [2.45, 2.75) is 0 Å². The quantitative estimate of drug-likeness (QED) is 0.524. The van der Waals surface area contributed by atoms with E-state index in [1.165, 1.54) is 10.8 Å². The Balaban J connectivity index is 1.80. The molecule has 2 heterocycles. The minimum atomic E-state index is 0.811. The van der Waals surface area contributed by atoms with E-state index in [1.54, 1.807) is 24.8 Å². The molecular weight excluding hydrogens is 320 g/mol. The van der Waals surface area contributed by atoms with Crippen LogP contribution in [0.2, 0.25) is 0 Å². The monoisotopic (exact) mass is 334 g/mol. The summed E-state index contributed by atoms with van der Waals surface area (Å²) in [5, 5.41) is 2.38. The smallest absolute Gasteiger partial charge is 0.0979 e. The molecule has 0 atom stereocenters. The molecule has 0 N–H and O–H groups in total. The SMILES string of the molecule is c1cncc(N=C2C(=Nc3cccnc3)c3cccc4cccc2c34)c1. The van der Waals surface area contributed by atoms with E-state index < -0.39 is 0 Å². The van der Waals surface area contributed by atoms with Crippen molar-refractivity contribution < 1.29 is 0 Å². The number of benzene rings is 2. The molecule has 0 aliphatic heterocycles. The van der Waals surface area contributed by atoms with Gasteiger partial charge in [0.05, 0.1) is 35.2 Å². The molecule has 4 nitrogen and oxygen atoms in total. The Labute approximate surface area is 150 Å². The molecule has 4 aromatic rings. The number of pyridine rings is 2. The van der Waals surface area contributed by atoms with Gasteiger partial charge in [-0.2, -0.15) is 0 Å². The summed E-state index contributed by atoms with van der Waals surface area (Å²) < 4.78 is 0. The predicted molar refractivity (Wildman–Crippen MR) is 105 cm³/mol. The molecule has 1 aliphatic rings. The van der Waals surface area contributed by atoms with E-state index in [0.29, 0.717) is 0 Å². The van der Waals surface area contributed by atoms with Gasteiger partial charge in [-0.1, -0.05) is 36.4 Å². The molecule has 0 bridgehead atoms. The first-order chi connectivity index (χ1) is 12.9. The third kappa shape index (κ3) is 2.40. The first kappa shape index (κ1) is 14.7. The highest BCUT2D eigenvalue weighted by atomic mass is 14.9. The van der Waals surface area contributed by atoms with Crippen molar-refractivity contribution in [1.82, 2.24) is 9.97 Å². The van der Waals surface area contributed by atoms with Crippen molar-refractivity contribution in [1.29, 1.82) is 0 Å². The molecule has 2 aromatic heterocycles. The summed E-state index contributed by atoms with van der Waals surface area (Å²) in [7, 11) is 0. The van der Waals surface area contributed by atoms with Gasteiger partial charge in [-0.3, -0.25) is 9.97 Å². The lowest BCUT2D eigenvalue weighted by Gasteiger charge is -2.03. The van der Waals surface area contributed by atoms with Gasteiger partial charge in [0.15, 0.2) is 0 Å². The molecular formula is C22H14N4. The fourth-order valence-electron chi connectivity index (χ4n) is 3.32. The van der Waals surface area contributed by atoms with Gasteiger partial charge in [0.1, 0.15) is 0 Å². The standard InChI is InChI=1S/C22H14N4/c1-5-15-6-2-10-19-20(15)18(9-1)21(25-16-7-3-11-23-13-16)22(19)26-17-8-4-12-24-14-17/h1-14H. The van der Waals surface area contributed by atoms with Crippen LogP contribution in [0.3, 0.4) is 0 Å². The minimum absolute atomic E-state index is 0.811. The molecule has 0 fully saturated rings. The van der Waals surface area contributed by atoms with Crippen molar-refractivity contribution in [3.8, 4) is 0 Å². The summed E-state index contributed by atoms with van der Waals surface area (Å²) in [6, 6.07) is 20.3. The zero-order chi connectivity index (χ0) is 17.3. The third-order valence-electron chi connectivity index (χ3n) is 4.41. The molecule has 0 saturated heterocycles. The number of aliphatic imine (C=N–C) groups is 2. The highest BCUT2D eigenvalue weighted by Gasteiger charge is 2.27. The topological polar surface area (TPSA) is 50.5 Å². The zero-order valence-corrected chi connectivity index (χ0v) is 13.9. The number of hydrogen-bond donors (Lipinski definition) is 0. The summed E-state index contributed by atoms with van der Waals surface area (Å²) in [5.41, 5.74) is 5.56. The zero-order valence-electron chi connectivity index (χ0n) is 13.9. The maximum absolute atomic E-state index is 4.88. The molecule has 26 heavy (non-hydrogen) atoms. The van der Waals surface area contributed by atoms with E-state index >= 15 is 0 Å². The van der Waals surface area contributed by atoms with Crippen LogP contribution in [0.5, 0.6) is 0 Å². The molecule has 4 heteroatoms. The van der Waals surface area contributed by atoms with Gasteiger partial charge in [-0.25, -0.2) is 9.98 Å². The molecule has 122 valence electrons. The lowest BCUT2D eigenvalue weighted by Crippen LogP contribution is -2.10. The summed E-state index contributed by atoms with van der Waals surface area (Å²) in [6.07, 6.45) is 7.02. The Hall–Kier alpha value is -3.66. The van der Waals surface area contributed by atoms with Crippen LogP contribution >= 0.6 is 0 Å². The number of hydrogen-bond acceptors (Lipinski definition) is 4. The molecule has 0 unspecified atom stereocenters. The molecule has 0 amide bonds.